The summed E-state index contributed by atoms with van der Waals surface area (Å²) in [6, 6.07) is 185. The molecule has 0 atom stereocenters. The third kappa shape index (κ3) is 13.5. The highest BCUT2D eigenvalue weighted by Gasteiger charge is 2.56. The number of fused-ring (bicyclic) bond motifs is 21. The van der Waals surface area contributed by atoms with Crippen LogP contribution in [0.2, 0.25) is 0 Å². The van der Waals surface area contributed by atoms with Crippen molar-refractivity contribution >= 4 is 114 Å². The SMILES string of the molecule is CC(C)(C)c1cc(N2c3ccccc3B3c4cc5c(cc4N(c4ccc(C(C)(C)C)cc4-c4ccccc4)c4cc(-c6cccc7c6C6(c8ccccc8-c8ccccc86)c6ccccc6-7)cc2c43)N(c2ccc(C(C)(C)C)cc2-c2ccccc2)c2cc(-c3cccc4c3C(c3ccccc3)(c3ccccc3)c3ccccc3-4)cc3c2B5c2ccccc2N3c2c(-c3ccccc3)cccc2-c2ccccc2)cc(C(C)(C)C)c1. The summed E-state index contributed by atoms with van der Waals surface area (Å²) in [6.07, 6.45) is 0. The van der Waals surface area contributed by atoms with E-state index < -0.39 is 10.8 Å². The Bertz CT molecular complexity index is 8940. The van der Waals surface area contributed by atoms with E-state index in [2.05, 4.69) is 576 Å². The van der Waals surface area contributed by atoms with Gasteiger partial charge in [0.15, 0.2) is 0 Å². The third-order valence-electron chi connectivity index (χ3n) is 33.9. The normalized spacial score (nSPS) is 14.2. The second kappa shape index (κ2) is 33.7. The lowest BCUT2D eigenvalue weighted by Gasteiger charge is -2.48. The maximum Gasteiger partial charge on any atom is 0.252 e. The summed E-state index contributed by atoms with van der Waals surface area (Å²) in [5, 5.41) is 0. The highest BCUT2D eigenvalue weighted by Crippen LogP contribution is 2.67. The monoisotopic (exact) mass is 1920 g/mol. The second-order valence-corrected chi connectivity index (χ2v) is 46.4. The van der Waals surface area contributed by atoms with E-state index in [1.165, 1.54) is 138 Å². The molecule has 4 heterocycles. The third-order valence-corrected chi connectivity index (χ3v) is 33.9. The highest BCUT2D eigenvalue weighted by atomic mass is 15.2. The zero-order valence-corrected chi connectivity index (χ0v) is 87.0. The molecule has 0 saturated carbocycles. The maximum atomic E-state index is 2.80. The molecule has 0 unspecified atom stereocenters. The lowest BCUT2D eigenvalue weighted by Crippen LogP contribution is -2.65. The maximum absolute atomic E-state index is 2.80. The molecule has 0 radical (unpaired) electrons. The molecule has 150 heavy (non-hydrogen) atoms. The van der Waals surface area contributed by atoms with Crippen LogP contribution < -0.4 is 52.4 Å². The van der Waals surface area contributed by atoms with E-state index in [9.17, 15) is 0 Å². The molecule has 0 saturated heterocycles. The van der Waals surface area contributed by atoms with Gasteiger partial charge in [-0.3, -0.25) is 0 Å². The number of nitrogens with zero attached hydrogens (tertiary/aromatic N) is 4. The molecule has 4 nitrogen and oxygen atoms in total. The zero-order valence-electron chi connectivity index (χ0n) is 87.0. The smallest absolute Gasteiger partial charge is 0.252 e. The molecule has 0 amide bonds. The Kier molecular flexibility index (Phi) is 20.4. The van der Waals surface area contributed by atoms with E-state index in [1.807, 2.05) is 0 Å². The Hall–Kier alpha value is -17.1. The van der Waals surface area contributed by atoms with Crippen molar-refractivity contribution in [2.75, 3.05) is 19.6 Å². The highest BCUT2D eigenvalue weighted by molar-refractivity contribution is 7.03. The molecule has 4 aliphatic heterocycles. The molecular weight excluding hydrogens is 1810 g/mol. The minimum Gasteiger partial charge on any atom is -0.311 e. The number of benzene rings is 21. The summed E-state index contributed by atoms with van der Waals surface area (Å²) in [5.74, 6) is 0. The van der Waals surface area contributed by atoms with Crippen LogP contribution in [0.3, 0.4) is 0 Å². The number of para-hydroxylation sites is 3. The van der Waals surface area contributed by atoms with Gasteiger partial charge in [0.1, 0.15) is 0 Å². The van der Waals surface area contributed by atoms with Gasteiger partial charge < -0.3 is 19.6 Å². The summed E-state index contributed by atoms with van der Waals surface area (Å²) in [7, 11) is 0. The predicted molar refractivity (Wildman–Crippen MR) is 636 cm³/mol. The second-order valence-electron chi connectivity index (χ2n) is 46.4. The van der Waals surface area contributed by atoms with Crippen molar-refractivity contribution in [2.45, 2.75) is 116 Å². The standard InChI is InChI=1S/C144H114B2N4/c1-139(2,3)99-76-78-124(114(87-99)93-50-23-15-24-51-93)148-128-90-129-123(89-122(128)145-120-72-39-41-74-126(120)147(103-85-101(141(7,8)9)84-102(86-103)142(10,11)12)130-80-95(81-131(148)136(130)145)105-63-44-67-113-111-61-34-38-71-119(111)144(135(105)113)117-69-36-31-58-108(117)109-59-32-37-70-118(109)144)146-121-73-40-42-75-127(121)150(138-106(91-46-19-13-20-47-91)64-45-65-107(138)92-48-21-14-22-49-92)133-83-96(82-132(137(133)146)149(129)125-79-77-100(140(4,5)6)88-115(125)94-52-25-16-26-53-94)104-62-43-66-112-110-60-33-35-68-116(110)143(134(104)112,97-54-27-17-28-55-97)98-56-29-18-30-57-98/h13-90H,1-12H3. The van der Waals surface area contributed by atoms with Crippen molar-refractivity contribution in [2.24, 2.45) is 0 Å². The van der Waals surface area contributed by atoms with Crippen LogP contribution in [0.25, 0.3) is 100 Å². The molecule has 1 spiro atoms. The van der Waals surface area contributed by atoms with Gasteiger partial charge >= 0.3 is 0 Å². The van der Waals surface area contributed by atoms with E-state index in [1.54, 1.807) is 0 Å². The summed E-state index contributed by atoms with van der Waals surface area (Å²) < 4.78 is 0. The molecule has 21 aromatic carbocycles. The Morgan fingerprint density at radius 1 is 0.173 bits per heavy atom. The van der Waals surface area contributed by atoms with Crippen molar-refractivity contribution in [3.05, 3.63) is 540 Å². The molecule has 28 rings (SSSR count). The van der Waals surface area contributed by atoms with Gasteiger partial charge in [-0.05, 0) is 278 Å². The van der Waals surface area contributed by atoms with Gasteiger partial charge in [-0.25, -0.2) is 0 Å². The van der Waals surface area contributed by atoms with Crippen LogP contribution in [-0.2, 0) is 32.5 Å². The van der Waals surface area contributed by atoms with Crippen molar-refractivity contribution in [1.82, 2.24) is 0 Å². The number of hydrogen-bond donors (Lipinski definition) is 0. The lowest BCUT2D eigenvalue weighted by atomic mass is 9.30. The fraction of sp³-hybridized carbons (Fsp3) is 0.125. The van der Waals surface area contributed by atoms with E-state index in [4.69, 9.17) is 0 Å². The fourth-order valence-corrected chi connectivity index (χ4v) is 27.1. The summed E-state index contributed by atoms with van der Waals surface area (Å²) in [6.45, 7) is 27.9. The number of hydrogen-bond acceptors (Lipinski definition) is 4. The molecular formula is C144H114B2N4. The van der Waals surface area contributed by atoms with Crippen LogP contribution in [-0.4, -0.2) is 13.4 Å². The first kappa shape index (κ1) is 90.5. The zero-order chi connectivity index (χ0) is 101. The van der Waals surface area contributed by atoms with Crippen molar-refractivity contribution in [1.29, 1.82) is 0 Å². The molecule has 0 fully saturated rings. The Morgan fingerprint density at radius 3 is 0.867 bits per heavy atom. The van der Waals surface area contributed by atoms with Crippen molar-refractivity contribution < 1.29 is 0 Å². The summed E-state index contributed by atoms with van der Waals surface area (Å²) in [4.78, 5) is 11.0. The summed E-state index contributed by atoms with van der Waals surface area (Å²) >= 11 is 0. The van der Waals surface area contributed by atoms with Gasteiger partial charge in [0.25, 0.3) is 13.4 Å². The lowest BCUT2D eigenvalue weighted by molar-refractivity contribution is 0.568. The van der Waals surface area contributed by atoms with Crippen LogP contribution in [0.1, 0.15) is 150 Å². The summed E-state index contributed by atoms with van der Waals surface area (Å²) in [5.41, 5.74) is 54.6. The first-order valence-corrected chi connectivity index (χ1v) is 53.5. The van der Waals surface area contributed by atoms with Crippen LogP contribution in [0.5, 0.6) is 0 Å². The molecule has 0 N–H and O–H groups in total. The Labute approximate surface area is 883 Å². The molecule has 0 bridgehead atoms. The average Bonchev–Trinajstić information content (AvgIpc) is 1.41. The number of anilines is 12. The topological polar surface area (TPSA) is 13.0 Å². The minimum absolute atomic E-state index is 0.224. The van der Waals surface area contributed by atoms with E-state index >= 15 is 0 Å². The molecule has 3 aliphatic carbocycles. The first-order chi connectivity index (χ1) is 73.0. The fourth-order valence-electron chi connectivity index (χ4n) is 27.1. The Balaban J connectivity index is 0.814. The van der Waals surface area contributed by atoms with E-state index in [-0.39, 0.29) is 35.1 Å². The van der Waals surface area contributed by atoms with Gasteiger partial charge in [0, 0.05) is 73.4 Å². The molecule has 716 valence electrons. The molecule has 0 aromatic heterocycles. The van der Waals surface area contributed by atoms with Crippen LogP contribution >= 0.6 is 0 Å². The number of rotatable bonds is 12. The van der Waals surface area contributed by atoms with Crippen LogP contribution in [0.4, 0.5) is 68.2 Å². The Morgan fingerprint density at radius 2 is 0.473 bits per heavy atom. The quantitative estimate of drug-likeness (QED) is 0.113. The van der Waals surface area contributed by atoms with E-state index in [0.29, 0.717) is 0 Å². The van der Waals surface area contributed by atoms with Crippen molar-refractivity contribution in [3.63, 3.8) is 0 Å². The van der Waals surface area contributed by atoms with Crippen molar-refractivity contribution in [3.8, 4) is 100 Å². The van der Waals surface area contributed by atoms with Gasteiger partial charge in [-0.15, -0.1) is 0 Å². The molecule has 6 heteroatoms. The van der Waals surface area contributed by atoms with Crippen LogP contribution in [0, 0.1) is 0 Å². The predicted octanol–water partition coefficient (Wildman–Crippen LogP) is 33.8. The van der Waals surface area contributed by atoms with Gasteiger partial charge in [-0.1, -0.05) is 477 Å². The molecule has 7 aliphatic rings. The van der Waals surface area contributed by atoms with Crippen LogP contribution in [0.15, 0.2) is 473 Å². The van der Waals surface area contributed by atoms with E-state index in [0.717, 1.165) is 129 Å². The first-order valence-electron chi connectivity index (χ1n) is 53.5. The largest absolute Gasteiger partial charge is 0.311 e. The minimum atomic E-state index is -0.786. The van der Waals surface area contributed by atoms with Gasteiger partial charge in [0.2, 0.25) is 0 Å². The molecule has 21 aromatic rings. The van der Waals surface area contributed by atoms with Gasteiger partial charge in [0.05, 0.1) is 27.9 Å². The van der Waals surface area contributed by atoms with Gasteiger partial charge in [-0.2, -0.15) is 0 Å². The average molecular weight is 1920 g/mol.